The van der Waals surface area contributed by atoms with E-state index in [2.05, 4.69) is 10.1 Å². The van der Waals surface area contributed by atoms with Crippen molar-refractivity contribution in [1.82, 2.24) is 5.32 Å². The molecule has 0 bridgehead atoms. The number of hydrogen-bond acceptors (Lipinski definition) is 4. The quantitative estimate of drug-likeness (QED) is 0.654. The molecule has 1 heterocycles. The van der Waals surface area contributed by atoms with E-state index in [1.807, 2.05) is 0 Å². The molecule has 112 valence electrons. The molecule has 0 unspecified atom stereocenters. The third-order valence-electron chi connectivity index (χ3n) is 3.06. The molecule has 6 nitrogen and oxygen atoms in total. The lowest BCUT2D eigenvalue weighted by Gasteiger charge is -2.17. The number of amides is 2. The number of ether oxygens (including phenoxy) is 1. The zero-order chi connectivity index (χ0) is 15.4. The average Bonchev–Trinajstić information content (AvgIpc) is 2.80. The van der Waals surface area contributed by atoms with E-state index in [4.69, 9.17) is 0 Å². The van der Waals surface area contributed by atoms with Gasteiger partial charge in [0.25, 0.3) is 0 Å². The molecule has 7 heteroatoms. The maximum atomic E-state index is 12.9. The van der Waals surface area contributed by atoms with E-state index in [0.717, 1.165) is 0 Å². The van der Waals surface area contributed by atoms with Gasteiger partial charge in [-0.2, -0.15) is 0 Å². The first kappa shape index (κ1) is 15.0. The van der Waals surface area contributed by atoms with E-state index in [1.54, 1.807) is 6.92 Å². The number of anilines is 1. The third-order valence-corrected chi connectivity index (χ3v) is 3.06. The normalized spacial score (nSPS) is 17.7. The number of nitrogens with zero attached hydrogens (tertiary/aromatic N) is 1. The van der Waals surface area contributed by atoms with Crippen molar-refractivity contribution >= 4 is 23.5 Å². The molecule has 2 rings (SSSR count). The van der Waals surface area contributed by atoms with Crippen molar-refractivity contribution in [3.05, 3.63) is 30.1 Å². The number of carbonyl (C=O) groups is 3. The summed E-state index contributed by atoms with van der Waals surface area (Å²) in [5.74, 6) is -2.42. The highest BCUT2D eigenvalue weighted by Crippen LogP contribution is 2.21. The Labute approximate surface area is 120 Å². The molecule has 0 aliphatic carbocycles. The number of benzene rings is 1. The Hall–Kier alpha value is -2.44. The van der Waals surface area contributed by atoms with Crippen molar-refractivity contribution in [1.29, 1.82) is 0 Å². The Morgan fingerprint density at radius 1 is 1.38 bits per heavy atom. The van der Waals surface area contributed by atoms with Crippen LogP contribution in [0.1, 0.15) is 13.3 Å². The van der Waals surface area contributed by atoms with E-state index in [9.17, 15) is 18.8 Å². The summed E-state index contributed by atoms with van der Waals surface area (Å²) in [6, 6.07) is 5.02. The Bertz CT molecular complexity index is 559. The highest BCUT2D eigenvalue weighted by atomic mass is 19.1. The van der Waals surface area contributed by atoms with Gasteiger partial charge in [-0.15, -0.1) is 0 Å². The molecule has 0 radical (unpaired) electrons. The van der Waals surface area contributed by atoms with Crippen molar-refractivity contribution in [3.63, 3.8) is 0 Å². The lowest BCUT2D eigenvalue weighted by molar-refractivity contribution is -0.154. The van der Waals surface area contributed by atoms with E-state index in [1.165, 1.54) is 29.2 Å². The summed E-state index contributed by atoms with van der Waals surface area (Å²) in [7, 11) is 0. The lowest BCUT2D eigenvalue weighted by atomic mass is 10.2. The van der Waals surface area contributed by atoms with Crippen LogP contribution >= 0.6 is 0 Å². The molecule has 1 atom stereocenters. The monoisotopic (exact) mass is 294 g/mol. The maximum Gasteiger partial charge on any atom is 0.396 e. The third kappa shape index (κ3) is 3.56. The molecular weight excluding hydrogens is 279 g/mol. The van der Waals surface area contributed by atoms with Crippen LogP contribution in [0.3, 0.4) is 0 Å². The van der Waals surface area contributed by atoms with Crippen molar-refractivity contribution in [2.45, 2.75) is 19.4 Å². The number of halogens is 1. The number of esters is 1. The van der Waals surface area contributed by atoms with Crippen molar-refractivity contribution in [2.75, 3.05) is 18.1 Å². The maximum absolute atomic E-state index is 12.9. The van der Waals surface area contributed by atoms with Gasteiger partial charge in [-0.25, -0.2) is 9.18 Å². The smallest absolute Gasteiger partial charge is 0.396 e. The molecule has 1 aliphatic heterocycles. The lowest BCUT2D eigenvalue weighted by Crippen LogP contribution is -2.41. The van der Waals surface area contributed by atoms with E-state index < -0.39 is 23.7 Å². The summed E-state index contributed by atoms with van der Waals surface area (Å²) >= 11 is 0. The van der Waals surface area contributed by atoms with Gasteiger partial charge in [-0.3, -0.25) is 9.59 Å². The Kier molecular flexibility index (Phi) is 4.52. The highest BCUT2D eigenvalue weighted by Gasteiger charge is 2.33. The second kappa shape index (κ2) is 6.34. The summed E-state index contributed by atoms with van der Waals surface area (Å²) < 4.78 is 17.4. The minimum atomic E-state index is -0.967. The summed E-state index contributed by atoms with van der Waals surface area (Å²) in [6.45, 7) is 1.94. The number of rotatable bonds is 3. The van der Waals surface area contributed by atoms with Gasteiger partial charge < -0.3 is 15.0 Å². The fourth-order valence-electron chi connectivity index (χ4n) is 2.12. The van der Waals surface area contributed by atoms with Crippen LogP contribution in [0, 0.1) is 5.82 Å². The molecule has 0 spiro atoms. The summed E-state index contributed by atoms with van der Waals surface area (Å²) in [4.78, 5) is 36.1. The molecule has 1 aromatic carbocycles. The van der Waals surface area contributed by atoms with Crippen LogP contribution in [0.2, 0.25) is 0 Å². The zero-order valence-electron chi connectivity index (χ0n) is 11.5. The van der Waals surface area contributed by atoms with Crippen molar-refractivity contribution < 1.29 is 23.5 Å². The number of carbonyl (C=O) groups excluding carboxylic acids is 3. The molecule has 21 heavy (non-hydrogen) atoms. The summed E-state index contributed by atoms with van der Waals surface area (Å²) in [5.41, 5.74) is 0.550. The molecule has 1 N–H and O–H groups in total. The van der Waals surface area contributed by atoms with Crippen LogP contribution in [-0.2, 0) is 19.1 Å². The predicted molar refractivity (Wildman–Crippen MR) is 71.9 cm³/mol. The van der Waals surface area contributed by atoms with Gasteiger partial charge in [-0.05, 0) is 31.2 Å². The minimum absolute atomic E-state index is 0.0858. The van der Waals surface area contributed by atoms with Crippen LogP contribution in [-0.4, -0.2) is 37.0 Å². The summed E-state index contributed by atoms with van der Waals surface area (Å²) in [5, 5.41) is 2.45. The topological polar surface area (TPSA) is 75.7 Å². The van der Waals surface area contributed by atoms with Gasteiger partial charge in [-0.1, -0.05) is 0 Å². The number of hydrogen-bond donors (Lipinski definition) is 1. The highest BCUT2D eigenvalue weighted by molar-refractivity contribution is 6.32. The van der Waals surface area contributed by atoms with Crippen LogP contribution < -0.4 is 10.2 Å². The number of nitrogens with one attached hydrogen (secondary N) is 1. The molecule has 0 saturated carbocycles. The standard InChI is InChI=1S/C14H15FN2O4/c1-2-21-14(20)13(19)16-10-7-12(18)17(8-10)11-5-3-9(15)4-6-11/h3-6,10H,2,7-8H2,1H3,(H,16,19)/t10-/m0/s1. The molecule has 1 aliphatic rings. The molecular formula is C14H15FN2O4. The Morgan fingerprint density at radius 2 is 2.05 bits per heavy atom. The molecule has 0 aromatic heterocycles. The van der Waals surface area contributed by atoms with Crippen LogP contribution in [0.25, 0.3) is 0 Å². The van der Waals surface area contributed by atoms with Gasteiger partial charge in [0.15, 0.2) is 0 Å². The molecule has 1 fully saturated rings. The van der Waals surface area contributed by atoms with E-state index in [-0.39, 0.29) is 25.5 Å². The van der Waals surface area contributed by atoms with Crippen LogP contribution in [0.4, 0.5) is 10.1 Å². The van der Waals surface area contributed by atoms with Gasteiger partial charge in [0.2, 0.25) is 5.91 Å². The van der Waals surface area contributed by atoms with E-state index in [0.29, 0.717) is 5.69 Å². The fourth-order valence-corrected chi connectivity index (χ4v) is 2.12. The van der Waals surface area contributed by atoms with Crippen LogP contribution in [0.15, 0.2) is 24.3 Å². The zero-order valence-corrected chi connectivity index (χ0v) is 11.5. The molecule has 1 saturated heterocycles. The second-order valence-electron chi connectivity index (χ2n) is 4.58. The first-order valence-corrected chi connectivity index (χ1v) is 6.54. The Morgan fingerprint density at radius 3 is 2.67 bits per heavy atom. The van der Waals surface area contributed by atoms with Crippen molar-refractivity contribution in [3.8, 4) is 0 Å². The van der Waals surface area contributed by atoms with E-state index >= 15 is 0 Å². The minimum Gasteiger partial charge on any atom is -0.459 e. The molecule has 2 amide bonds. The van der Waals surface area contributed by atoms with Gasteiger partial charge in [0.05, 0.1) is 12.6 Å². The second-order valence-corrected chi connectivity index (χ2v) is 4.58. The van der Waals surface area contributed by atoms with Crippen LogP contribution in [0.5, 0.6) is 0 Å². The first-order valence-electron chi connectivity index (χ1n) is 6.54. The Balaban J connectivity index is 1.98. The first-order chi connectivity index (χ1) is 10.0. The molecule has 1 aromatic rings. The average molecular weight is 294 g/mol. The predicted octanol–water partition coefficient (Wildman–Crippen LogP) is 0.610. The fraction of sp³-hybridized carbons (Fsp3) is 0.357. The van der Waals surface area contributed by atoms with Gasteiger partial charge >= 0.3 is 11.9 Å². The van der Waals surface area contributed by atoms with Gasteiger partial charge in [0.1, 0.15) is 5.82 Å². The van der Waals surface area contributed by atoms with Gasteiger partial charge in [0, 0.05) is 18.7 Å². The largest absolute Gasteiger partial charge is 0.459 e. The van der Waals surface area contributed by atoms with Crippen molar-refractivity contribution in [2.24, 2.45) is 0 Å². The summed E-state index contributed by atoms with van der Waals surface area (Å²) in [6.07, 6.45) is 0.0858. The SMILES string of the molecule is CCOC(=O)C(=O)N[C@H]1CC(=O)N(c2ccc(F)cc2)C1.